The first-order valence-corrected chi connectivity index (χ1v) is 9.22. The fraction of sp³-hybridized carbons (Fsp3) is 0.125. The molecule has 1 unspecified atom stereocenters. The second kappa shape index (κ2) is 8.97. The summed E-state index contributed by atoms with van der Waals surface area (Å²) in [5.41, 5.74) is 2.28. The normalized spacial score (nSPS) is 11.4. The molecule has 29 heavy (non-hydrogen) atoms. The SMILES string of the molecule is CC(=O)Nc1ccc(C(=O)C(C)Oc2ccc(C(=O)c3ccccc3)cc2)cc1. The lowest BCUT2D eigenvalue weighted by molar-refractivity contribution is -0.114. The first kappa shape index (κ1) is 20.0. The first-order valence-electron chi connectivity index (χ1n) is 9.22. The zero-order valence-electron chi connectivity index (χ0n) is 16.2. The van der Waals surface area contributed by atoms with Crippen molar-refractivity contribution in [3.05, 3.63) is 95.6 Å². The van der Waals surface area contributed by atoms with Gasteiger partial charge in [0.05, 0.1) is 0 Å². The predicted octanol–water partition coefficient (Wildman–Crippen LogP) is 4.53. The number of amides is 1. The van der Waals surface area contributed by atoms with Gasteiger partial charge in [0.25, 0.3) is 0 Å². The number of hydrogen-bond acceptors (Lipinski definition) is 4. The third kappa shape index (κ3) is 5.17. The van der Waals surface area contributed by atoms with E-state index < -0.39 is 6.10 Å². The number of benzene rings is 3. The Morgan fingerprint density at radius 3 is 1.90 bits per heavy atom. The molecule has 0 bridgehead atoms. The smallest absolute Gasteiger partial charge is 0.221 e. The van der Waals surface area contributed by atoms with E-state index >= 15 is 0 Å². The molecule has 1 N–H and O–H groups in total. The third-order valence-electron chi connectivity index (χ3n) is 4.32. The topological polar surface area (TPSA) is 72.5 Å². The van der Waals surface area contributed by atoms with Crippen LogP contribution in [0.5, 0.6) is 5.75 Å². The van der Waals surface area contributed by atoms with E-state index in [-0.39, 0.29) is 17.5 Å². The minimum atomic E-state index is -0.697. The van der Waals surface area contributed by atoms with Crippen molar-refractivity contribution in [2.24, 2.45) is 0 Å². The molecular formula is C24H21NO4. The van der Waals surface area contributed by atoms with Crippen LogP contribution in [0.25, 0.3) is 0 Å². The summed E-state index contributed by atoms with van der Waals surface area (Å²) in [5, 5.41) is 2.66. The third-order valence-corrected chi connectivity index (χ3v) is 4.32. The molecule has 0 fully saturated rings. The Morgan fingerprint density at radius 2 is 1.31 bits per heavy atom. The van der Waals surface area contributed by atoms with Crippen molar-refractivity contribution in [3.63, 3.8) is 0 Å². The average molecular weight is 387 g/mol. The largest absolute Gasteiger partial charge is 0.483 e. The second-order valence-electron chi connectivity index (χ2n) is 6.60. The Balaban J connectivity index is 1.64. The number of nitrogens with one attached hydrogen (secondary N) is 1. The van der Waals surface area contributed by atoms with Crippen LogP contribution in [-0.2, 0) is 4.79 Å². The van der Waals surface area contributed by atoms with Crippen LogP contribution in [0, 0.1) is 0 Å². The first-order chi connectivity index (χ1) is 13.9. The van der Waals surface area contributed by atoms with Gasteiger partial charge >= 0.3 is 0 Å². The van der Waals surface area contributed by atoms with Crippen LogP contribution in [0.3, 0.4) is 0 Å². The summed E-state index contributed by atoms with van der Waals surface area (Å²) in [7, 11) is 0. The lowest BCUT2D eigenvalue weighted by atomic mass is 10.0. The number of Topliss-reactive ketones (excluding diaryl/α,β-unsaturated/α-hetero) is 1. The van der Waals surface area contributed by atoms with Gasteiger partial charge in [-0.15, -0.1) is 0 Å². The van der Waals surface area contributed by atoms with Gasteiger partial charge in [-0.1, -0.05) is 30.3 Å². The van der Waals surface area contributed by atoms with Crippen LogP contribution in [0.4, 0.5) is 5.69 Å². The van der Waals surface area contributed by atoms with Crippen LogP contribution >= 0.6 is 0 Å². The zero-order chi connectivity index (χ0) is 20.8. The van der Waals surface area contributed by atoms with E-state index in [1.807, 2.05) is 18.2 Å². The molecule has 0 aliphatic rings. The monoisotopic (exact) mass is 387 g/mol. The lowest BCUT2D eigenvalue weighted by Gasteiger charge is -2.14. The highest BCUT2D eigenvalue weighted by Gasteiger charge is 2.17. The number of hydrogen-bond donors (Lipinski definition) is 1. The van der Waals surface area contributed by atoms with Crippen molar-refractivity contribution in [2.45, 2.75) is 20.0 Å². The molecule has 5 nitrogen and oxygen atoms in total. The van der Waals surface area contributed by atoms with E-state index in [0.29, 0.717) is 28.1 Å². The molecule has 0 saturated carbocycles. The summed E-state index contributed by atoms with van der Waals surface area (Å²) in [6.45, 7) is 3.10. The summed E-state index contributed by atoms with van der Waals surface area (Å²) in [4.78, 5) is 36.1. The maximum Gasteiger partial charge on any atom is 0.221 e. The maximum absolute atomic E-state index is 12.6. The van der Waals surface area contributed by atoms with Crippen molar-refractivity contribution < 1.29 is 19.1 Å². The van der Waals surface area contributed by atoms with E-state index in [1.54, 1.807) is 67.6 Å². The fourth-order valence-electron chi connectivity index (χ4n) is 2.85. The molecule has 3 aromatic rings. The summed E-state index contributed by atoms with van der Waals surface area (Å²) in [6.07, 6.45) is -0.697. The van der Waals surface area contributed by atoms with Gasteiger partial charge in [-0.2, -0.15) is 0 Å². The number of ether oxygens (including phenoxy) is 1. The van der Waals surface area contributed by atoms with Crippen molar-refractivity contribution in [1.29, 1.82) is 0 Å². The maximum atomic E-state index is 12.6. The summed E-state index contributed by atoms with van der Waals surface area (Å²) < 4.78 is 5.74. The molecule has 0 spiro atoms. The van der Waals surface area contributed by atoms with Crippen molar-refractivity contribution in [1.82, 2.24) is 0 Å². The molecule has 146 valence electrons. The van der Waals surface area contributed by atoms with Gasteiger partial charge in [0.15, 0.2) is 11.9 Å². The molecule has 0 heterocycles. The molecule has 1 amide bonds. The number of carbonyl (C=O) groups is 3. The van der Waals surface area contributed by atoms with Gasteiger partial charge in [-0.25, -0.2) is 0 Å². The van der Waals surface area contributed by atoms with Gasteiger partial charge in [0, 0.05) is 29.3 Å². The molecule has 0 aromatic heterocycles. The fourth-order valence-corrected chi connectivity index (χ4v) is 2.85. The summed E-state index contributed by atoms with van der Waals surface area (Å²) in [5.74, 6) is 0.0876. The van der Waals surface area contributed by atoms with Gasteiger partial charge in [0.1, 0.15) is 5.75 Å². The van der Waals surface area contributed by atoms with Gasteiger partial charge in [0.2, 0.25) is 11.7 Å². The van der Waals surface area contributed by atoms with Crippen LogP contribution in [0.15, 0.2) is 78.9 Å². The summed E-state index contributed by atoms with van der Waals surface area (Å²) >= 11 is 0. The molecule has 3 aromatic carbocycles. The Hall–Kier alpha value is -3.73. The quantitative estimate of drug-likeness (QED) is 0.605. The van der Waals surface area contributed by atoms with Crippen LogP contribution in [-0.4, -0.2) is 23.6 Å². The molecule has 0 radical (unpaired) electrons. The van der Waals surface area contributed by atoms with Crippen LogP contribution in [0.2, 0.25) is 0 Å². The van der Waals surface area contributed by atoms with E-state index in [4.69, 9.17) is 4.74 Å². The predicted molar refractivity (Wildman–Crippen MR) is 111 cm³/mol. The molecule has 0 saturated heterocycles. The minimum absolute atomic E-state index is 0.0689. The van der Waals surface area contributed by atoms with E-state index in [9.17, 15) is 14.4 Å². The Labute approximate surface area is 169 Å². The standard InChI is InChI=1S/C24H21NO4/c1-16(23(27)19-8-12-21(13-9-19)25-17(2)26)29-22-14-10-20(11-15-22)24(28)18-6-4-3-5-7-18/h3-16H,1-2H3,(H,25,26). The minimum Gasteiger partial charge on any atom is -0.483 e. The van der Waals surface area contributed by atoms with Crippen LogP contribution < -0.4 is 10.1 Å². The van der Waals surface area contributed by atoms with Gasteiger partial charge < -0.3 is 10.1 Å². The second-order valence-corrected chi connectivity index (χ2v) is 6.60. The van der Waals surface area contributed by atoms with Crippen LogP contribution in [0.1, 0.15) is 40.1 Å². The van der Waals surface area contributed by atoms with Crippen molar-refractivity contribution in [3.8, 4) is 5.75 Å². The number of rotatable bonds is 7. The molecule has 3 rings (SSSR count). The number of anilines is 1. The lowest BCUT2D eigenvalue weighted by Crippen LogP contribution is -2.24. The zero-order valence-corrected chi connectivity index (χ0v) is 16.2. The summed E-state index contributed by atoms with van der Waals surface area (Å²) in [6, 6.07) is 22.4. The molecule has 0 aliphatic heterocycles. The highest BCUT2D eigenvalue weighted by atomic mass is 16.5. The van der Waals surface area contributed by atoms with Gasteiger partial charge in [-0.3, -0.25) is 14.4 Å². The molecular weight excluding hydrogens is 366 g/mol. The molecule has 1 atom stereocenters. The van der Waals surface area contributed by atoms with Crippen molar-refractivity contribution >= 4 is 23.2 Å². The molecule has 5 heteroatoms. The van der Waals surface area contributed by atoms with E-state index in [0.717, 1.165) is 0 Å². The Bertz CT molecular complexity index is 1010. The number of ketones is 2. The van der Waals surface area contributed by atoms with Gasteiger partial charge in [-0.05, 0) is 55.5 Å². The van der Waals surface area contributed by atoms with E-state index in [2.05, 4.69) is 5.32 Å². The highest BCUT2D eigenvalue weighted by Crippen LogP contribution is 2.19. The highest BCUT2D eigenvalue weighted by molar-refractivity contribution is 6.09. The molecule has 0 aliphatic carbocycles. The number of carbonyl (C=O) groups excluding carboxylic acids is 3. The Kier molecular flexibility index (Phi) is 6.19. The van der Waals surface area contributed by atoms with Crippen molar-refractivity contribution in [2.75, 3.05) is 5.32 Å². The Morgan fingerprint density at radius 1 is 0.759 bits per heavy atom. The van der Waals surface area contributed by atoms with E-state index in [1.165, 1.54) is 6.92 Å². The average Bonchev–Trinajstić information content (AvgIpc) is 2.74.